The van der Waals surface area contributed by atoms with E-state index in [1.165, 1.54) is 33.4 Å². The van der Waals surface area contributed by atoms with Crippen molar-refractivity contribution >= 4 is 45.5 Å². The zero-order valence-corrected chi connectivity index (χ0v) is 26.4. The van der Waals surface area contributed by atoms with Gasteiger partial charge in [0.15, 0.2) is 0 Å². The molecule has 0 fully saturated rings. The molecule has 0 aliphatic carbocycles. The lowest BCUT2D eigenvalue weighted by Crippen LogP contribution is -1.97. The zero-order valence-electron chi connectivity index (χ0n) is 26.4. The van der Waals surface area contributed by atoms with Gasteiger partial charge in [-0.05, 0) is 140 Å². The molecule has 0 saturated carbocycles. The smallest absolute Gasteiger partial charge is 0.0415 e. The highest BCUT2D eigenvalue weighted by atomic mass is 14.9. The number of aryl methyl sites for hydroxylation is 4. The average molecular weight is 589 g/mol. The summed E-state index contributed by atoms with van der Waals surface area (Å²) in [4.78, 5) is 0. The molecule has 45 heavy (non-hydrogen) atoms. The Hall–Kier alpha value is -5.48. The van der Waals surface area contributed by atoms with Crippen LogP contribution in [0.5, 0.6) is 0 Å². The highest BCUT2D eigenvalue weighted by Crippen LogP contribution is 2.29. The molecule has 0 saturated heterocycles. The number of anilines is 8. The van der Waals surface area contributed by atoms with Crippen LogP contribution in [0.1, 0.15) is 33.4 Å². The number of para-hydroxylation sites is 2. The Bertz CT molecular complexity index is 1770. The van der Waals surface area contributed by atoms with Gasteiger partial charge in [0.25, 0.3) is 0 Å². The van der Waals surface area contributed by atoms with Crippen molar-refractivity contribution in [3.8, 4) is 0 Å². The molecule has 0 heterocycles. The Labute approximate surface area is 267 Å². The molecule has 0 aliphatic rings. The maximum atomic E-state index is 3.58. The minimum Gasteiger partial charge on any atom is -0.355 e. The van der Waals surface area contributed by atoms with Crippen molar-refractivity contribution in [2.24, 2.45) is 0 Å². The van der Waals surface area contributed by atoms with E-state index in [1.807, 2.05) is 0 Å². The summed E-state index contributed by atoms with van der Waals surface area (Å²) in [6, 6.07) is 47.0. The molecule has 6 aromatic carbocycles. The first-order valence-corrected chi connectivity index (χ1v) is 15.5. The van der Waals surface area contributed by atoms with Gasteiger partial charge in [0.1, 0.15) is 0 Å². The fourth-order valence-electron chi connectivity index (χ4n) is 5.46. The van der Waals surface area contributed by atoms with Gasteiger partial charge in [0, 0.05) is 45.5 Å². The van der Waals surface area contributed by atoms with Crippen LogP contribution in [0, 0.1) is 27.7 Å². The third-order valence-electron chi connectivity index (χ3n) is 8.18. The molecule has 0 radical (unpaired) electrons. The maximum Gasteiger partial charge on any atom is 0.0415 e. The van der Waals surface area contributed by atoms with Crippen molar-refractivity contribution in [1.82, 2.24) is 0 Å². The summed E-state index contributed by atoms with van der Waals surface area (Å²) < 4.78 is 0. The first-order chi connectivity index (χ1) is 21.9. The van der Waals surface area contributed by atoms with Crippen LogP contribution < -0.4 is 21.3 Å². The SMILES string of the molecule is Cc1ccccc1Nc1ccc(Nc2ccc(Cc3ccc(Nc4ccc(Nc5ccccc5C)cc4C)cc3)cc2)c(C)c1. The monoisotopic (exact) mass is 588 g/mol. The van der Waals surface area contributed by atoms with Gasteiger partial charge in [-0.3, -0.25) is 0 Å². The number of nitrogens with one attached hydrogen (secondary N) is 4. The molecule has 4 nitrogen and oxygen atoms in total. The zero-order chi connectivity index (χ0) is 31.2. The van der Waals surface area contributed by atoms with Crippen molar-refractivity contribution < 1.29 is 0 Å². The van der Waals surface area contributed by atoms with E-state index in [9.17, 15) is 0 Å². The second kappa shape index (κ2) is 13.4. The normalized spacial score (nSPS) is 10.8. The van der Waals surface area contributed by atoms with Gasteiger partial charge in [-0.2, -0.15) is 0 Å². The van der Waals surface area contributed by atoms with Gasteiger partial charge in [0.2, 0.25) is 0 Å². The highest BCUT2D eigenvalue weighted by molar-refractivity contribution is 5.72. The lowest BCUT2D eigenvalue weighted by atomic mass is 10.0. The van der Waals surface area contributed by atoms with E-state index < -0.39 is 0 Å². The fourth-order valence-corrected chi connectivity index (χ4v) is 5.46. The molecule has 4 N–H and O–H groups in total. The largest absolute Gasteiger partial charge is 0.355 e. The predicted octanol–water partition coefficient (Wildman–Crippen LogP) is 11.5. The summed E-state index contributed by atoms with van der Waals surface area (Å²) in [5, 5.41) is 14.2. The Kier molecular flexibility index (Phi) is 8.84. The van der Waals surface area contributed by atoms with Crippen molar-refractivity contribution in [1.29, 1.82) is 0 Å². The van der Waals surface area contributed by atoms with Crippen LogP contribution in [0.4, 0.5) is 45.5 Å². The van der Waals surface area contributed by atoms with Gasteiger partial charge >= 0.3 is 0 Å². The summed E-state index contributed by atoms with van der Waals surface area (Å²) in [5.74, 6) is 0. The first kappa shape index (κ1) is 29.6. The molecule has 0 spiro atoms. The molecule has 0 aliphatic heterocycles. The summed E-state index contributed by atoms with van der Waals surface area (Å²) in [7, 11) is 0. The molecular weight excluding hydrogens is 548 g/mol. The lowest BCUT2D eigenvalue weighted by molar-refractivity contribution is 1.19. The van der Waals surface area contributed by atoms with Crippen LogP contribution in [0.25, 0.3) is 0 Å². The van der Waals surface area contributed by atoms with Gasteiger partial charge in [0.05, 0.1) is 0 Å². The van der Waals surface area contributed by atoms with Crippen LogP contribution >= 0.6 is 0 Å². The highest BCUT2D eigenvalue weighted by Gasteiger charge is 2.06. The van der Waals surface area contributed by atoms with E-state index >= 15 is 0 Å². The molecule has 0 unspecified atom stereocenters. The van der Waals surface area contributed by atoms with Crippen LogP contribution in [-0.2, 0) is 6.42 Å². The fraction of sp³-hybridized carbons (Fsp3) is 0.122. The summed E-state index contributed by atoms with van der Waals surface area (Å²) in [5.41, 5.74) is 16.2. The molecule has 4 heteroatoms. The summed E-state index contributed by atoms with van der Waals surface area (Å²) >= 11 is 0. The molecule has 0 amide bonds. The van der Waals surface area contributed by atoms with Crippen LogP contribution in [0.2, 0.25) is 0 Å². The number of hydrogen-bond donors (Lipinski definition) is 4. The van der Waals surface area contributed by atoms with E-state index in [4.69, 9.17) is 0 Å². The Morgan fingerprint density at radius 3 is 1.04 bits per heavy atom. The number of hydrogen-bond acceptors (Lipinski definition) is 4. The molecular formula is C41H40N4. The van der Waals surface area contributed by atoms with Crippen LogP contribution in [0.3, 0.4) is 0 Å². The minimum atomic E-state index is 0.886. The topological polar surface area (TPSA) is 48.1 Å². The van der Waals surface area contributed by atoms with E-state index in [0.29, 0.717) is 0 Å². The Morgan fingerprint density at radius 1 is 0.333 bits per heavy atom. The van der Waals surface area contributed by atoms with Crippen molar-refractivity contribution in [2.75, 3.05) is 21.3 Å². The Balaban J connectivity index is 1.03. The lowest BCUT2D eigenvalue weighted by Gasteiger charge is -2.14. The van der Waals surface area contributed by atoms with Crippen molar-refractivity contribution in [3.63, 3.8) is 0 Å². The predicted molar refractivity (Wildman–Crippen MR) is 194 cm³/mol. The van der Waals surface area contributed by atoms with Crippen molar-refractivity contribution in [3.05, 3.63) is 167 Å². The van der Waals surface area contributed by atoms with Crippen molar-refractivity contribution in [2.45, 2.75) is 34.1 Å². The Morgan fingerprint density at radius 2 is 0.667 bits per heavy atom. The molecule has 6 aromatic rings. The maximum absolute atomic E-state index is 3.58. The van der Waals surface area contributed by atoms with Gasteiger partial charge in [-0.15, -0.1) is 0 Å². The summed E-state index contributed by atoms with van der Waals surface area (Å²) in [6.07, 6.45) is 0.886. The van der Waals surface area contributed by atoms with Crippen LogP contribution in [-0.4, -0.2) is 0 Å². The standard InChI is InChI=1S/C41H40N4/c1-28-9-5-7-11-38(28)44-36-21-23-40(30(3)25-36)42-34-17-13-32(14-18-34)27-33-15-19-35(20-16-33)43-41-24-22-37(26-31(41)4)45-39-12-8-6-10-29(39)2/h5-26,42-45H,27H2,1-4H3. The van der Waals surface area contributed by atoms with Gasteiger partial charge in [-0.1, -0.05) is 60.7 Å². The molecule has 0 atom stereocenters. The third-order valence-corrected chi connectivity index (χ3v) is 8.18. The summed E-state index contributed by atoms with van der Waals surface area (Å²) in [6.45, 7) is 8.51. The molecule has 0 aromatic heterocycles. The molecule has 0 bridgehead atoms. The van der Waals surface area contributed by atoms with E-state index in [-0.39, 0.29) is 0 Å². The quantitative estimate of drug-likeness (QED) is 0.129. The van der Waals surface area contributed by atoms with Crippen LogP contribution in [0.15, 0.2) is 133 Å². The number of benzene rings is 6. The second-order valence-corrected chi connectivity index (χ2v) is 11.8. The molecule has 224 valence electrons. The average Bonchev–Trinajstić information content (AvgIpc) is 3.04. The van der Waals surface area contributed by atoms with E-state index in [2.05, 4.69) is 182 Å². The van der Waals surface area contributed by atoms with E-state index in [0.717, 1.165) is 51.9 Å². The van der Waals surface area contributed by atoms with E-state index in [1.54, 1.807) is 0 Å². The molecule has 6 rings (SSSR count). The second-order valence-electron chi connectivity index (χ2n) is 11.8. The number of rotatable bonds is 10. The van der Waals surface area contributed by atoms with Gasteiger partial charge in [-0.25, -0.2) is 0 Å². The van der Waals surface area contributed by atoms with Gasteiger partial charge < -0.3 is 21.3 Å². The minimum absolute atomic E-state index is 0.886. The first-order valence-electron chi connectivity index (χ1n) is 15.5. The third kappa shape index (κ3) is 7.54.